The lowest BCUT2D eigenvalue weighted by Crippen LogP contribution is -2.45. The zero-order chi connectivity index (χ0) is 15.3. The molecule has 1 N–H and O–H groups in total. The van der Waals surface area contributed by atoms with Crippen LogP contribution in [0.15, 0.2) is 5.38 Å². The predicted molar refractivity (Wildman–Crippen MR) is 88.7 cm³/mol. The highest BCUT2D eigenvalue weighted by molar-refractivity contribution is 7.80. The molecule has 1 atom stereocenters. The van der Waals surface area contributed by atoms with E-state index in [0.717, 1.165) is 10.7 Å². The minimum atomic E-state index is -0.0724. The molecule has 0 saturated heterocycles. The van der Waals surface area contributed by atoms with E-state index in [2.05, 4.69) is 50.6 Å². The van der Waals surface area contributed by atoms with Gasteiger partial charge in [0, 0.05) is 30.1 Å². The minimum Gasteiger partial charge on any atom is -0.334 e. The fraction of sp³-hybridized carbons (Fsp3) is 0.714. The SMILES string of the molecule is CC(C)c1nc(CN(C)C(=O)NC(CS)C(C)C)cs1. The molecule has 0 fully saturated rings. The van der Waals surface area contributed by atoms with E-state index >= 15 is 0 Å². The zero-order valence-corrected chi connectivity index (χ0v) is 14.6. The number of nitrogens with zero attached hydrogens (tertiary/aromatic N) is 2. The molecule has 1 rings (SSSR count). The first-order chi connectivity index (χ1) is 9.35. The third-order valence-electron chi connectivity index (χ3n) is 3.12. The van der Waals surface area contributed by atoms with Crippen molar-refractivity contribution in [2.75, 3.05) is 12.8 Å². The number of urea groups is 1. The molecule has 0 radical (unpaired) electrons. The smallest absolute Gasteiger partial charge is 0.317 e. The largest absolute Gasteiger partial charge is 0.334 e. The van der Waals surface area contributed by atoms with Gasteiger partial charge < -0.3 is 10.2 Å². The Morgan fingerprint density at radius 3 is 2.55 bits per heavy atom. The molecule has 1 aromatic rings. The van der Waals surface area contributed by atoms with Crippen molar-refractivity contribution >= 4 is 30.0 Å². The van der Waals surface area contributed by atoms with E-state index in [1.807, 2.05) is 5.38 Å². The zero-order valence-electron chi connectivity index (χ0n) is 12.9. The molecule has 0 aliphatic carbocycles. The first kappa shape index (κ1) is 17.3. The first-order valence-electron chi connectivity index (χ1n) is 6.92. The molecule has 1 unspecified atom stereocenters. The van der Waals surface area contributed by atoms with Crippen LogP contribution < -0.4 is 5.32 Å². The Morgan fingerprint density at radius 2 is 2.10 bits per heavy atom. The third kappa shape index (κ3) is 4.98. The second kappa shape index (κ2) is 7.88. The second-order valence-electron chi connectivity index (χ2n) is 5.67. The van der Waals surface area contributed by atoms with Gasteiger partial charge in [-0.1, -0.05) is 27.7 Å². The Morgan fingerprint density at radius 1 is 1.45 bits per heavy atom. The predicted octanol–water partition coefficient (Wildman–Crippen LogP) is 3.36. The standard InChI is InChI=1S/C14H25N3OS2/c1-9(2)12(7-19)16-14(18)17(5)6-11-8-20-13(15-11)10(3)4/h8-10,12,19H,6-7H2,1-5H3,(H,16,18). The maximum Gasteiger partial charge on any atom is 0.317 e. The highest BCUT2D eigenvalue weighted by atomic mass is 32.1. The molecular weight excluding hydrogens is 290 g/mol. The molecule has 114 valence electrons. The molecule has 1 aromatic heterocycles. The second-order valence-corrected chi connectivity index (χ2v) is 6.93. The van der Waals surface area contributed by atoms with Gasteiger partial charge in [0.15, 0.2) is 0 Å². The summed E-state index contributed by atoms with van der Waals surface area (Å²) in [5.74, 6) is 1.45. The van der Waals surface area contributed by atoms with Gasteiger partial charge in [-0.3, -0.25) is 0 Å². The molecule has 2 amide bonds. The molecule has 0 aliphatic heterocycles. The summed E-state index contributed by atoms with van der Waals surface area (Å²) in [5.41, 5.74) is 0.948. The number of thiazole rings is 1. The summed E-state index contributed by atoms with van der Waals surface area (Å²) in [6, 6.07) is 0.0202. The van der Waals surface area contributed by atoms with E-state index in [0.29, 0.717) is 24.1 Å². The molecular formula is C14H25N3OS2. The number of aromatic nitrogens is 1. The van der Waals surface area contributed by atoms with Crippen molar-refractivity contribution < 1.29 is 4.79 Å². The van der Waals surface area contributed by atoms with Crippen LogP contribution in [0.5, 0.6) is 0 Å². The van der Waals surface area contributed by atoms with E-state index in [4.69, 9.17) is 0 Å². The van der Waals surface area contributed by atoms with Crippen molar-refractivity contribution in [3.05, 3.63) is 16.1 Å². The number of amides is 2. The molecule has 1 heterocycles. The summed E-state index contributed by atoms with van der Waals surface area (Å²) in [6.07, 6.45) is 0. The normalized spacial score (nSPS) is 12.8. The Bertz CT molecular complexity index is 432. The van der Waals surface area contributed by atoms with E-state index < -0.39 is 0 Å². The number of thiol groups is 1. The van der Waals surface area contributed by atoms with Gasteiger partial charge >= 0.3 is 6.03 Å². The average Bonchev–Trinajstić information content (AvgIpc) is 2.83. The van der Waals surface area contributed by atoms with Gasteiger partial charge in [0.1, 0.15) is 0 Å². The summed E-state index contributed by atoms with van der Waals surface area (Å²) in [7, 11) is 1.79. The average molecular weight is 316 g/mol. The van der Waals surface area contributed by atoms with Crippen molar-refractivity contribution in [2.24, 2.45) is 5.92 Å². The maximum atomic E-state index is 12.1. The highest BCUT2D eigenvalue weighted by Gasteiger charge is 2.18. The lowest BCUT2D eigenvalue weighted by Gasteiger charge is -2.24. The number of hydrogen-bond donors (Lipinski definition) is 2. The van der Waals surface area contributed by atoms with Gasteiger partial charge in [0.25, 0.3) is 0 Å². The van der Waals surface area contributed by atoms with Crippen LogP contribution in [0, 0.1) is 5.92 Å². The Hall–Kier alpha value is -0.750. The lowest BCUT2D eigenvalue weighted by molar-refractivity contribution is 0.200. The van der Waals surface area contributed by atoms with Gasteiger partial charge in [-0.2, -0.15) is 12.6 Å². The van der Waals surface area contributed by atoms with Crippen LogP contribution in [0.25, 0.3) is 0 Å². The van der Waals surface area contributed by atoms with Crippen molar-refractivity contribution in [3.63, 3.8) is 0 Å². The molecule has 4 nitrogen and oxygen atoms in total. The number of hydrogen-bond acceptors (Lipinski definition) is 4. The molecule has 6 heteroatoms. The van der Waals surface area contributed by atoms with Gasteiger partial charge in [-0.15, -0.1) is 11.3 Å². The van der Waals surface area contributed by atoms with Crippen LogP contribution in [-0.2, 0) is 6.54 Å². The fourth-order valence-corrected chi connectivity index (χ4v) is 3.01. The van der Waals surface area contributed by atoms with Crippen molar-refractivity contribution in [2.45, 2.75) is 46.2 Å². The van der Waals surface area contributed by atoms with E-state index in [1.54, 1.807) is 23.3 Å². The third-order valence-corrected chi connectivity index (χ3v) is 4.71. The summed E-state index contributed by atoms with van der Waals surface area (Å²) in [6.45, 7) is 8.94. The van der Waals surface area contributed by atoms with E-state index in [9.17, 15) is 4.79 Å². The molecule has 20 heavy (non-hydrogen) atoms. The van der Waals surface area contributed by atoms with Crippen LogP contribution in [0.2, 0.25) is 0 Å². The van der Waals surface area contributed by atoms with Crippen LogP contribution in [0.1, 0.15) is 44.3 Å². The number of carbonyl (C=O) groups is 1. The van der Waals surface area contributed by atoms with Gasteiger partial charge in [0.05, 0.1) is 17.2 Å². The van der Waals surface area contributed by atoms with Crippen molar-refractivity contribution in [1.82, 2.24) is 15.2 Å². The number of carbonyl (C=O) groups excluding carboxylic acids is 1. The lowest BCUT2D eigenvalue weighted by atomic mass is 10.1. The van der Waals surface area contributed by atoms with E-state index in [1.165, 1.54) is 0 Å². The van der Waals surface area contributed by atoms with Crippen molar-refractivity contribution in [3.8, 4) is 0 Å². The minimum absolute atomic E-state index is 0.0724. The first-order valence-corrected chi connectivity index (χ1v) is 8.43. The van der Waals surface area contributed by atoms with Crippen LogP contribution in [0.4, 0.5) is 4.79 Å². The number of rotatable bonds is 6. The van der Waals surface area contributed by atoms with Crippen LogP contribution in [-0.4, -0.2) is 34.8 Å². The summed E-state index contributed by atoms with van der Waals surface area (Å²) >= 11 is 5.93. The summed E-state index contributed by atoms with van der Waals surface area (Å²) in [5, 5.41) is 6.14. The Kier molecular flexibility index (Phi) is 6.82. The molecule has 0 saturated carbocycles. The topological polar surface area (TPSA) is 45.2 Å². The van der Waals surface area contributed by atoms with Crippen LogP contribution in [0.3, 0.4) is 0 Å². The molecule has 0 aliphatic rings. The summed E-state index contributed by atoms with van der Waals surface area (Å²) < 4.78 is 0. The van der Waals surface area contributed by atoms with Crippen molar-refractivity contribution in [1.29, 1.82) is 0 Å². The molecule has 0 bridgehead atoms. The molecule has 0 aromatic carbocycles. The van der Waals surface area contributed by atoms with Gasteiger partial charge in [0.2, 0.25) is 0 Å². The Labute approximate surface area is 131 Å². The quantitative estimate of drug-likeness (QED) is 0.791. The van der Waals surface area contributed by atoms with Gasteiger partial charge in [-0.05, 0) is 5.92 Å². The van der Waals surface area contributed by atoms with E-state index in [-0.39, 0.29) is 12.1 Å². The van der Waals surface area contributed by atoms with Crippen LogP contribution >= 0.6 is 24.0 Å². The Balaban J connectivity index is 2.56. The monoisotopic (exact) mass is 315 g/mol. The number of nitrogens with one attached hydrogen (secondary N) is 1. The maximum absolute atomic E-state index is 12.1. The van der Waals surface area contributed by atoms with Gasteiger partial charge in [-0.25, -0.2) is 9.78 Å². The highest BCUT2D eigenvalue weighted by Crippen LogP contribution is 2.19. The summed E-state index contributed by atoms with van der Waals surface area (Å²) in [4.78, 5) is 18.3. The fourth-order valence-electron chi connectivity index (χ4n) is 1.67. The molecule has 0 spiro atoms.